The van der Waals surface area contributed by atoms with Gasteiger partial charge in [0, 0.05) is 18.0 Å². The smallest absolute Gasteiger partial charge is 0.305 e. The van der Waals surface area contributed by atoms with Crippen molar-refractivity contribution in [2.24, 2.45) is 11.3 Å². The normalized spacial score (nSPS) is 30.2. The third kappa shape index (κ3) is 2.52. The van der Waals surface area contributed by atoms with Crippen LogP contribution in [-0.2, 0) is 6.18 Å². The Hall–Kier alpha value is -3.15. The lowest BCUT2D eigenvalue weighted by molar-refractivity contribution is -0.138. The molecule has 4 atom stereocenters. The fraction of sp³-hybridized carbons (Fsp3) is 0.455. The number of hydrogen-bond donors (Lipinski definition) is 1. The van der Waals surface area contributed by atoms with E-state index in [0.717, 1.165) is 12.5 Å². The van der Waals surface area contributed by atoms with Crippen molar-refractivity contribution < 1.29 is 13.2 Å². The summed E-state index contributed by atoms with van der Waals surface area (Å²) in [7, 11) is 1.89. The molecule has 152 valence electrons. The molecule has 1 aliphatic carbocycles. The predicted molar refractivity (Wildman–Crippen MR) is 101 cm³/mol. The maximum absolute atomic E-state index is 13.9. The number of nitrogens with zero attached hydrogens (tertiary/aromatic N) is 4. The van der Waals surface area contributed by atoms with Crippen LogP contribution >= 0.6 is 0 Å². The number of rotatable bonds is 1. The van der Waals surface area contributed by atoms with Gasteiger partial charge in [0.15, 0.2) is 5.41 Å². The van der Waals surface area contributed by atoms with Gasteiger partial charge in [-0.05, 0) is 49.1 Å². The molecule has 1 fully saturated rings. The summed E-state index contributed by atoms with van der Waals surface area (Å²) in [6.45, 7) is 0. The van der Waals surface area contributed by atoms with Crippen LogP contribution in [0.2, 0.25) is 0 Å². The van der Waals surface area contributed by atoms with Gasteiger partial charge in [0.05, 0.1) is 29.5 Å². The first kappa shape index (κ1) is 20.1. The van der Waals surface area contributed by atoms with Crippen molar-refractivity contribution in [1.82, 2.24) is 4.90 Å². The third-order valence-corrected chi connectivity index (χ3v) is 6.89. The van der Waals surface area contributed by atoms with E-state index in [9.17, 15) is 29.0 Å². The van der Waals surface area contributed by atoms with E-state index in [4.69, 9.17) is 5.41 Å². The summed E-state index contributed by atoms with van der Waals surface area (Å²) in [5.41, 5.74) is -2.51. The number of nitriles is 3. The van der Waals surface area contributed by atoms with Crippen molar-refractivity contribution >= 4 is 5.71 Å². The molecule has 1 saturated heterocycles. The van der Waals surface area contributed by atoms with Gasteiger partial charge in [-0.1, -0.05) is 18.2 Å². The average Bonchev–Trinajstić information content (AvgIpc) is 2.95. The van der Waals surface area contributed by atoms with Gasteiger partial charge in [-0.3, -0.25) is 4.90 Å². The molecule has 3 aliphatic rings. The van der Waals surface area contributed by atoms with Gasteiger partial charge in [0.1, 0.15) is 5.92 Å². The van der Waals surface area contributed by atoms with Crippen LogP contribution in [0.15, 0.2) is 35.4 Å². The van der Waals surface area contributed by atoms with Crippen molar-refractivity contribution in [2.45, 2.75) is 43.4 Å². The Morgan fingerprint density at radius 3 is 2.40 bits per heavy atom. The highest BCUT2D eigenvalue weighted by molar-refractivity contribution is 6.01. The molecule has 1 N–H and O–H groups in total. The minimum absolute atomic E-state index is 0.146. The van der Waals surface area contributed by atoms with Gasteiger partial charge < -0.3 is 5.41 Å². The first-order valence-electron chi connectivity index (χ1n) is 9.63. The first-order valence-corrected chi connectivity index (χ1v) is 9.63. The molecule has 2 heterocycles. The first-order chi connectivity index (χ1) is 14.2. The van der Waals surface area contributed by atoms with Crippen LogP contribution in [0.5, 0.6) is 0 Å². The molecule has 5 nitrogen and oxygen atoms in total. The average molecular weight is 409 g/mol. The van der Waals surface area contributed by atoms with Crippen LogP contribution in [0.1, 0.15) is 36.3 Å². The molecule has 0 aromatic heterocycles. The Morgan fingerprint density at radius 1 is 1.13 bits per heavy atom. The van der Waals surface area contributed by atoms with E-state index in [2.05, 4.69) is 11.0 Å². The Morgan fingerprint density at radius 2 is 1.80 bits per heavy atom. The molecule has 0 amide bonds. The zero-order valence-corrected chi connectivity index (χ0v) is 16.2. The van der Waals surface area contributed by atoms with Crippen molar-refractivity contribution in [3.8, 4) is 18.2 Å². The number of likely N-dealkylation sites (N-methyl/N-ethyl adjacent to an activating group) is 1. The SMILES string of the molecule is CN1[C@@H]2CC[C@H]1C1=C(C2)[C@H](C#N)C(=N)C(C#N)(C#N)[C@@H]1c1ccccc1C(F)(F)F. The lowest BCUT2D eigenvalue weighted by Gasteiger charge is -2.47. The lowest BCUT2D eigenvalue weighted by Crippen LogP contribution is -2.51. The van der Waals surface area contributed by atoms with Gasteiger partial charge in [0.2, 0.25) is 0 Å². The molecule has 2 aliphatic heterocycles. The van der Waals surface area contributed by atoms with Crippen LogP contribution in [0, 0.1) is 50.7 Å². The van der Waals surface area contributed by atoms with Crippen LogP contribution in [-0.4, -0.2) is 29.7 Å². The van der Waals surface area contributed by atoms with Gasteiger partial charge in [-0.2, -0.15) is 29.0 Å². The highest BCUT2D eigenvalue weighted by Gasteiger charge is 2.59. The summed E-state index contributed by atoms with van der Waals surface area (Å²) in [6, 6.07) is 10.6. The second kappa shape index (κ2) is 6.69. The fourth-order valence-electron chi connectivity index (χ4n) is 5.50. The molecule has 1 aromatic carbocycles. The number of hydrogen-bond acceptors (Lipinski definition) is 5. The Bertz CT molecular complexity index is 1070. The topological polar surface area (TPSA) is 98.5 Å². The fourth-order valence-corrected chi connectivity index (χ4v) is 5.50. The summed E-state index contributed by atoms with van der Waals surface area (Å²) in [5.74, 6) is -2.31. The summed E-state index contributed by atoms with van der Waals surface area (Å²) in [4.78, 5) is 2.07. The van der Waals surface area contributed by atoms with E-state index >= 15 is 0 Å². The van der Waals surface area contributed by atoms with Crippen LogP contribution < -0.4 is 0 Å². The Labute approximate surface area is 172 Å². The number of alkyl halides is 3. The van der Waals surface area contributed by atoms with E-state index in [1.807, 2.05) is 19.2 Å². The minimum atomic E-state index is -4.68. The molecule has 0 saturated carbocycles. The Balaban J connectivity index is 2.09. The van der Waals surface area contributed by atoms with E-state index in [0.29, 0.717) is 24.0 Å². The zero-order chi connectivity index (χ0) is 21.8. The molecule has 4 rings (SSSR count). The maximum atomic E-state index is 13.9. The molecule has 8 heteroatoms. The molecule has 1 aromatic rings. The van der Waals surface area contributed by atoms with Crippen LogP contribution in [0.4, 0.5) is 13.2 Å². The summed E-state index contributed by atoms with van der Waals surface area (Å²) < 4.78 is 41.7. The largest absolute Gasteiger partial charge is 0.416 e. The second-order valence-corrected chi connectivity index (χ2v) is 8.12. The van der Waals surface area contributed by atoms with Crippen molar-refractivity contribution in [1.29, 1.82) is 21.2 Å². The van der Waals surface area contributed by atoms with Gasteiger partial charge in [-0.25, -0.2) is 0 Å². The van der Waals surface area contributed by atoms with E-state index in [-0.39, 0.29) is 17.6 Å². The van der Waals surface area contributed by atoms with Crippen LogP contribution in [0.25, 0.3) is 0 Å². The number of halogens is 3. The Kier molecular flexibility index (Phi) is 4.49. The number of nitrogens with one attached hydrogen (secondary N) is 1. The summed E-state index contributed by atoms with van der Waals surface area (Å²) in [6.07, 6.45) is -2.72. The van der Waals surface area contributed by atoms with Gasteiger partial charge >= 0.3 is 6.18 Å². The van der Waals surface area contributed by atoms with Gasteiger partial charge in [0.25, 0.3) is 0 Å². The van der Waals surface area contributed by atoms with E-state index < -0.39 is 34.7 Å². The lowest BCUT2D eigenvalue weighted by atomic mass is 9.56. The summed E-state index contributed by atoms with van der Waals surface area (Å²) in [5, 5.41) is 38.4. The summed E-state index contributed by atoms with van der Waals surface area (Å²) >= 11 is 0. The third-order valence-electron chi connectivity index (χ3n) is 6.89. The highest BCUT2D eigenvalue weighted by atomic mass is 19.4. The van der Waals surface area contributed by atoms with Crippen molar-refractivity contribution in [3.05, 3.63) is 46.5 Å². The molecule has 0 unspecified atom stereocenters. The van der Waals surface area contributed by atoms with Gasteiger partial charge in [-0.15, -0.1) is 0 Å². The minimum Gasteiger partial charge on any atom is -0.305 e. The molecule has 0 spiro atoms. The standard InChI is InChI=1S/C22H18F3N5/c1-30-12-6-7-17(30)18-14(8-12)15(9-26)20(29)21(10-27,11-28)19(18)13-4-2-3-5-16(13)22(23,24)25/h2-5,12,15,17,19,29H,6-8H2,1H3/t12-,15+,17+,19-/m1/s1. The molecule has 0 radical (unpaired) electrons. The highest BCUT2D eigenvalue weighted by Crippen LogP contribution is 2.57. The number of fused-ring (bicyclic) bond motifs is 3. The zero-order valence-electron chi connectivity index (χ0n) is 16.2. The van der Waals surface area contributed by atoms with Crippen LogP contribution in [0.3, 0.4) is 0 Å². The second-order valence-electron chi connectivity index (χ2n) is 8.12. The van der Waals surface area contributed by atoms with E-state index in [1.54, 1.807) is 0 Å². The molecular weight excluding hydrogens is 391 g/mol. The maximum Gasteiger partial charge on any atom is 0.416 e. The molecular formula is C22H18F3N5. The van der Waals surface area contributed by atoms with E-state index in [1.165, 1.54) is 18.2 Å². The van der Waals surface area contributed by atoms with Crippen molar-refractivity contribution in [3.63, 3.8) is 0 Å². The molecule has 2 bridgehead atoms. The van der Waals surface area contributed by atoms with Crippen molar-refractivity contribution in [2.75, 3.05) is 7.05 Å². The number of benzene rings is 1. The molecule has 30 heavy (non-hydrogen) atoms. The quantitative estimate of drug-likeness (QED) is 0.704. The predicted octanol–water partition coefficient (Wildman–Crippen LogP) is 4.16. The monoisotopic (exact) mass is 409 g/mol.